The first-order valence-electron chi connectivity index (χ1n) is 7.67. The number of hydrogen-bond donors (Lipinski definition) is 2. The maximum Gasteiger partial charge on any atom is 0.279 e. The highest BCUT2D eigenvalue weighted by Crippen LogP contribution is 2.21. The molecule has 2 rings (SSSR count). The van der Waals surface area contributed by atoms with Crippen molar-refractivity contribution >= 4 is 22.0 Å². The van der Waals surface area contributed by atoms with Gasteiger partial charge in [0.2, 0.25) is 0 Å². The Labute approximate surface area is 127 Å². The van der Waals surface area contributed by atoms with Gasteiger partial charge in [-0.1, -0.05) is 6.92 Å². The minimum absolute atomic E-state index is 0.133. The molecule has 0 bridgehead atoms. The third kappa shape index (κ3) is 4.87. The molecule has 1 unspecified atom stereocenters. The molecule has 0 aliphatic carbocycles. The van der Waals surface area contributed by atoms with E-state index in [1.807, 2.05) is 11.8 Å². The normalized spacial score (nSPS) is 26.1. The zero-order valence-corrected chi connectivity index (χ0v) is 13.9. The van der Waals surface area contributed by atoms with Crippen LogP contribution in [0.25, 0.3) is 0 Å². The molecular formula is C13H27N3O2S2. The molecule has 0 spiro atoms. The maximum absolute atomic E-state index is 12.3. The predicted molar refractivity (Wildman–Crippen MR) is 85.2 cm³/mol. The van der Waals surface area contributed by atoms with Crippen molar-refractivity contribution in [2.45, 2.75) is 38.6 Å². The van der Waals surface area contributed by atoms with E-state index in [1.54, 1.807) is 4.31 Å². The summed E-state index contributed by atoms with van der Waals surface area (Å²) in [4.78, 5) is 0. The Morgan fingerprint density at radius 3 is 2.60 bits per heavy atom. The van der Waals surface area contributed by atoms with Crippen molar-refractivity contribution < 1.29 is 8.42 Å². The maximum atomic E-state index is 12.3. The van der Waals surface area contributed by atoms with E-state index in [9.17, 15) is 8.42 Å². The van der Waals surface area contributed by atoms with Crippen LogP contribution < -0.4 is 10.0 Å². The lowest BCUT2D eigenvalue weighted by molar-refractivity contribution is 0.264. The molecule has 2 N–H and O–H groups in total. The van der Waals surface area contributed by atoms with Gasteiger partial charge in [0.05, 0.1) is 0 Å². The zero-order valence-electron chi connectivity index (χ0n) is 12.3. The molecule has 0 amide bonds. The molecule has 0 aromatic heterocycles. The van der Waals surface area contributed by atoms with E-state index in [0.717, 1.165) is 50.3 Å². The van der Waals surface area contributed by atoms with Crippen LogP contribution in [-0.2, 0) is 10.2 Å². The van der Waals surface area contributed by atoms with Gasteiger partial charge in [0.1, 0.15) is 0 Å². The van der Waals surface area contributed by atoms with E-state index in [-0.39, 0.29) is 6.04 Å². The van der Waals surface area contributed by atoms with Crippen LogP contribution in [0, 0.1) is 5.92 Å². The summed E-state index contributed by atoms with van der Waals surface area (Å²) < 4.78 is 29.1. The fraction of sp³-hybridized carbons (Fsp3) is 1.00. The highest BCUT2D eigenvalue weighted by molar-refractivity contribution is 7.99. The number of thioether (sulfide) groups is 1. The van der Waals surface area contributed by atoms with Crippen LogP contribution in [0.2, 0.25) is 0 Å². The van der Waals surface area contributed by atoms with E-state index in [4.69, 9.17) is 0 Å². The second-order valence-corrected chi connectivity index (χ2v) is 8.58. The highest BCUT2D eigenvalue weighted by atomic mass is 32.2. The average molecular weight is 322 g/mol. The molecule has 2 heterocycles. The number of nitrogens with zero attached hydrogens (tertiary/aromatic N) is 1. The van der Waals surface area contributed by atoms with Gasteiger partial charge in [0.25, 0.3) is 10.2 Å². The lowest BCUT2D eigenvalue weighted by Gasteiger charge is -2.32. The summed E-state index contributed by atoms with van der Waals surface area (Å²) >= 11 is 1.83. The number of nitrogens with one attached hydrogen (secondary N) is 2. The molecule has 2 fully saturated rings. The molecule has 0 radical (unpaired) electrons. The van der Waals surface area contributed by atoms with Gasteiger partial charge in [-0.2, -0.15) is 29.2 Å². The van der Waals surface area contributed by atoms with Gasteiger partial charge >= 0.3 is 0 Å². The SMILES string of the molecule is CCCNCC1CCN(S(=O)(=O)NC2CCSC2)CC1. The monoisotopic (exact) mass is 321 g/mol. The standard InChI is InChI=1S/C13H27N3O2S2/c1-2-6-14-10-12-3-7-16(8-4-12)20(17,18)15-13-5-9-19-11-13/h12-15H,2-11H2,1H3. The molecule has 7 heteroatoms. The van der Waals surface area contributed by atoms with E-state index in [0.29, 0.717) is 19.0 Å². The average Bonchev–Trinajstić information content (AvgIpc) is 2.92. The molecule has 0 saturated carbocycles. The lowest BCUT2D eigenvalue weighted by Crippen LogP contribution is -2.49. The fourth-order valence-corrected chi connectivity index (χ4v) is 5.47. The Morgan fingerprint density at radius 2 is 2.00 bits per heavy atom. The molecule has 0 aromatic rings. The van der Waals surface area contributed by atoms with Crippen molar-refractivity contribution in [1.82, 2.24) is 14.3 Å². The first kappa shape index (κ1) is 16.5. The topological polar surface area (TPSA) is 61.4 Å². The Kier molecular flexibility index (Phi) is 6.61. The summed E-state index contributed by atoms with van der Waals surface area (Å²) in [6.45, 7) is 5.56. The summed E-state index contributed by atoms with van der Waals surface area (Å²) in [5.41, 5.74) is 0. The van der Waals surface area contributed by atoms with E-state index in [1.165, 1.54) is 0 Å². The van der Waals surface area contributed by atoms with Crippen molar-refractivity contribution in [2.24, 2.45) is 5.92 Å². The molecule has 2 saturated heterocycles. The van der Waals surface area contributed by atoms with Crippen LogP contribution in [0.4, 0.5) is 0 Å². The van der Waals surface area contributed by atoms with E-state index in [2.05, 4.69) is 17.0 Å². The van der Waals surface area contributed by atoms with Gasteiger partial charge in [0.15, 0.2) is 0 Å². The lowest BCUT2D eigenvalue weighted by atomic mass is 9.98. The summed E-state index contributed by atoms with van der Waals surface area (Å²) in [7, 11) is -3.27. The van der Waals surface area contributed by atoms with E-state index < -0.39 is 10.2 Å². The molecule has 118 valence electrons. The van der Waals surface area contributed by atoms with Crippen LogP contribution in [0.1, 0.15) is 32.6 Å². The van der Waals surface area contributed by atoms with Gasteiger partial charge in [-0.15, -0.1) is 0 Å². The van der Waals surface area contributed by atoms with Gasteiger partial charge in [-0.05, 0) is 50.4 Å². The Morgan fingerprint density at radius 1 is 1.25 bits per heavy atom. The summed E-state index contributed by atoms with van der Waals surface area (Å²) in [6, 6.07) is 0.133. The van der Waals surface area contributed by atoms with E-state index >= 15 is 0 Å². The molecule has 2 aliphatic rings. The van der Waals surface area contributed by atoms with Crippen LogP contribution in [-0.4, -0.2) is 56.4 Å². The van der Waals surface area contributed by atoms with Crippen molar-refractivity contribution in [2.75, 3.05) is 37.7 Å². The fourth-order valence-electron chi connectivity index (χ4n) is 2.75. The van der Waals surface area contributed by atoms with Gasteiger partial charge < -0.3 is 5.32 Å². The van der Waals surface area contributed by atoms with Crippen LogP contribution in [0.3, 0.4) is 0 Å². The Bertz CT molecular complexity index is 375. The molecule has 0 aromatic carbocycles. The van der Waals surface area contributed by atoms with Crippen molar-refractivity contribution in [3.8, 4) is 0 Å². The molecule has 1 atom stereocenters. The Balaban J connectivity index is 1.74. The first-order chi connectivity index (χ1) is 9.62. The summed E-state index contributed by atoms with van der Waals surface area (Å²) in [5.74, 6) is 2.60. The second kappa shape index (κ2) is 7.98. The summed E-state index contributed by atoms with van der Waals surface area (Å²) in [5, 5.41) is 3.43. The third-order valence-electron chi connectivity index (χ3n) is 4.02. The Hall–Kier alpha value is 0.180. The summed E-state index contributed by atoms with van der Waals surface area (Å²) in [6.07, 6.45) is 4.05. The number of rotatable bonds is 7. The minimum atomic E-state index is -3.27. The van der Waals surface area contributed by atoms with Gasteiger partial charge in [-0.3, -0.25) is 0 Å². The predicted octanol–water partition coefficient (Wildman–Crippen LogP) is 1.04. The van der Waals surface area contributed by atoms with Crippen molar-refractivity contribution in [3.05, 3.63) is 0 Å². The molecule has 2 aliphatic heterocycles. The quantitative estimate of drug-likeness (QED) is 0.688. The van der Waals surface area contributed by atoms with Gasteiger partial charge in [-0.25, -0.2) is 0 Å². The van der Waals surface area contributed by atoms with Crippen molar-refractivity contribution in [1.29, 1.82) is 0 Å². The molecule has 20 heavy (non-hydrogen) atoms. The molecule has 5 nitrogen and oxygen atoms in total. The zero-order chi connectivity index (χ0) is 14.4. The third-order valence-corrected chi connectivity index (χ3v) is 6.86. The van der Waals surface area contributed by atoms with Crippen LogP contribution >= 0.6 is 11.8 Å². The number of piperidine rings is 1. The van der Waals surface area contributed by atoms with Crippen LogP contribution in [0.5, 0.6) is 0 Å². The smallest absolute Gasteiger partial charge is 0.279 e. The highest BCUT2D eigenvalue weighted by Gasteiger charge is 2.30. The second-order valence-electron chi connectivity index (χ2n) is 5.73. The van der Waals surface area contributed by atoms with Gasteiger partial charge in [0, 0.05) is 24.9 Å². The first-order valence-corrected chi connectivity index (χ1v) is 10.3. The van der Waals surface area contributed by atoms with Crippen LogP contribution in [0.15, 0.2) is 0 Å². The van der Waals surface area contributed by atoms with Crippen molar-refractivity contribution in [3.63, 3.8) is 0 Å². The molecular weight excluding hydrogens is 294 g/mol. The minimum Gasteiger partial charge on any atom is -0.316 e. The number of hydrogen-bond acceptors (Lipinski definition) is 4. The largest absolute Gasteiger partial charge is 0.316 e.